The third kappa shape index (κ3) is 3.09. The van der Waals surface area contributed by atoms with Gasteiger partial charge in [0, 0.05) is 18.8 Å². The van der Waals surface area contributed by atoms with Crippen molar-refractivity contribution in [2.45, 2.75) is 19.9 Å². The van der Waals surface area contributed by atoms with Crippen LogP contribution in [0.1, 0.15) is 12.7 Å². The van der Waals surface area contributed by atoms with Crippen LogP contribution < -0.4 is 0 Å². The number of thioether (sulfide) groups is 1. The summed E-state index contributed by atoms with van der Waals surface area (Å²) in [6.45, 7) is 2.70. The van der Waals surface area contributed by atoms with Crippen molar-refractivity contribution in [3.05, 3.63) is 29.6 Å². The molecule has 20 heavy (non-hydrogen) atoms. The fourth-order valence-electron chi connectivity index (χ4n) is 2.33. The molecule has 2 nitrogen and oxygen atoms in total. The molecule has 0 aliphatic carbocycles. The van der Waals surface area contributed by atoms with E-state index >= 15 is 0 Å². The van der Waals surface area contributed by atoms with Crippen molar-refractivity contribution in [1.82, 2.24) is 9.55 Å². The van der Waals surface area contributed by atoms with Crippen molar-refractivity contribution >= 4 is 34.4 Å². The number of aryl methyl sites for hydroxylation is 1. The van der Waals surface area contributed by atoms with Gasteiger partial charge in [0.1, 0.15) is 11.3 Å². The number of hydrogen-bond acceptors (Lipinski definition) is 2. The quantitative estimate of drug-likeness (QED) is 0.746. The Morgan fingerprint density at radius 2 is 2.15 bits per heavy atom. The summed E-state index contributed by atoms with van der Waals surface area (Å²) in [7, 11) is 0. The second-order valence-corrected chi connectivity index (χ2v) is 6.16. The molecule has 0 aliphatic rings. The van der Waals surface area contributed by atoms with E-state index in [1.807, 2.05) is 6.26 Å². The number of alkyl halides is 1. The molecule has 0 saturated heterocycles. The van der Waals surface area contributed by atoms with Gasteiger partial charge in [-0.05, 0) is 30.1 Å². The van der Waals surface area contributed by atoms with Gasteiger partial charge in [-0.2, -0.15) is 11.8 Å². The topological polar surface area (TPSA) is 17.8 Å². The molecule has 2 rings (SSSR count). The van der Waals surface area contributed by atoms with Gasteiger partial charge in [0.15, 0.2) is 11.6 Å². The van der Waals surface area contributed by atoms with Gasteiger partial charge in [-0.1, -0.05) is 6.92 Å². The van der Waals surface area contributed by atoms with Crippen molar-refractivity contribution in [1.29, 1.82) is 0 Å². The molecule has 0 fully saturated rings. The third-order valence-electron chi connectivity index (χ3n) is 3.14. The summed E-state index contributed by atoms with van der Waals surface area (Å²) in [4.78, 5) is 4.38. The first kappa shape index (κ1) is 15.6. The summed E-state index contributed by atoms with van der Waals surface area (Å²) in [5.41, 5.74) is 0.735. The minimum atomic E-state index is -0.839. The van der Waals surface area contributed by atoms with Crippen LogP contribution in [-0.4, -0.2) is 27.4 Å². The molecule has 1 aromatic carbocycles. The summed E-state index contributed by atoms with van der Waals surface area (Å²) in [5.74, 6) is 0.758. The SMILES string of the molecule is CSCC(C)Cn1c(CCCl)nc2ccc(F)c(F)c21. The molecule has 0 radical (unpaired) electrons. The number of benzene rings is 1. The van der Waals surface area contributed by atoms with E-state index < -0.39 is 11.6 Å². The zero-order valence-electron chi connectivity index (χ0n) is 11.5. The molecule has 1 atom stereocenters. The highest BCUT2D eigenvalue weighted by atomic mass is 35.5. The van der Waals surface area contributed by atoms with Gasteiger partial charge in [-0.25, -0.2) is 13.8 Å². The lowest BCUT2D eigenvalue weighted by molar-refractivity contribution is 0.494. The van der Waals surface area contributed by atoms with Crippen LogP contribution in [0.4, 0.5) is 8.78 Å². The lowest BCUT2D eigenvalue weighted by Crippen LogP contribution is -2.13. The van der Waals surface area contributed by atoms with Crippen molar-refractivity contribution in [3.63, 3.8) is 0 Å². The number of rotatable bonds is 6. The van der Waals surface area contributed by atoms with Gasteiger partial charge in [0.25, 0.3) is 0 Å². The smallest absolute Gasteiger partial charge is 0.184 e. The Morgan fingerprint density at radius 3 is 2.80 bits per heavy atom. The Kier molecular flexibility index (Phi) is 5.27. The number of imidazole rings is 1. The van der Waals surface area contributed by atoms with E-state index in [0.29, 0.717) is 36.1 Å². The number of hydrogen-bond donors (Lipinski definition) is 0. The van der Waals surface area contributed by atoms with E-state index in [-0.39, 0.29) is 5.52 Å². The van der Waals surface area contributed by atoms with Crippen LogP contribution in [0.15, 0.2) is 12.1 Å². The van der Waals surface area contributed by atoms with Crippen molar-refractivity contribution in [2.75, 3.05) is 17.9 Å². The second kappa shape index (κ2) is 6.76. The Labute approximate surface area is 126 Å². The van der Waals surface area contributed by atoms with Crippen LogP contribution in [-0.2, 0) is 13.0 Å². The van der Waals surface area contributed by atoms with E-state index in [1.54, 1.807) is 16.3 Å². The molecular weight excluding hydrogens is 302 g/mol. The molecule has 0 saturated carbocycles. The summed E-state index contributed by atoms with van der Waals surface area (Å²) in [6, 6.07) is 2.63. The van der Waals surface area contributed by atoms with Crippen molar-refractivity contribution in [3.8, 4) is 0 Å². The summed E-state index contributed by atoms with van der Waals surface area (Å²) in [5, 5.41) is 0. The zero-order valence-corrected chi connectivity index (χ0v) is 13.1. The molecule has 0 bridgehead atoms. The number of halogens is 3. The van der Waals surface area contributed by atoms with Crippen LogP contribution in [0.2, 0.25) is 0 Å². The van der Waals surface area contributed by atoms with Crippen LogP contribution in [0.25, 0.3) is 11.0 Å². The second-order valence-electron chi connectivity index (χ2n) is 4.87. The zero-order chi connectivity index (χ0) is 14.7. The molecule has 0 aliphatic heterocycles. The predicted molar refractivity (Wildman–Crippen MR) is 81.6 cm³/mol. The minimum Gasteiger partial charge on any atom is -0.325 e. The van der Waals surface area contributed by atoms with Gasteiger partial charge >= 0.3 is 0 Å². The molecular formula is C14H17ClF2N2S. The molecule has 0 N–H and O–H groups in total. The largest absolute Gasteiger partial charge is 0.325 e. The molecule has 0 amide bonds. The molecule has 1 heterocycles. The number of aromatic nitrogens is 2. The van der Waals surface area contributed by atoms with E-state index in [4.69, 9.17) is 11.6 Å². The molecule has 2 aromatic rings. The number of nitrogens with zero attached hydrogens (tertiary/aromatic N) is 2. The molecule has 1 aromatic heterocycles. The van der Waals surface area contributed by atoms with Gasteiger partial charge in [-0.15, -0.1) is 11.6 Å². The Balaban J connectivity index is 2.51. The summed E-state index contributed by atoms with van der Waals surface area (Å²) < 4.78 is 29.3. The molecule has 110 valence electrons. The maximum Gasteiger partial charge on any atom is 0.184 e. The maximum absolute atomic E-state index is 14.1. The Morgan fingerprint density at radius 1 is 1.40 bits per heavy atom. The first-order chi connectivity index (χ1) is 9.58. The highest BCUT2D eigenvalue weighted by Crippen LogP contribution is 2.24. The first-order valence-corrected chi connectivity index (χ1v) is 8.39. The fourth-order valence-corrected chi connectivity index (χ4v) is 3.17. The Bertz CT molecular complexity index is 600. The third-order valence-corrected chi connectivity index (χ3v) is 4.23. The predicted octanol–water partition coefficient (Wildman–Crippen LogP) is 4.09. The summed E-state index contributed by atoms with van der Waals surface area (Å²) >= 11 is 7.51. The minimum absolute atomic E-state index is 0.248. The van der Waals surface area contributed by atoms with Crippen LogP contribution in [0.5, 0.6) is 0 Å². The first-order valence-electron chi connectivity index (χ1n) is 6.46. The monoisotopic (exact) mass is 318 g/mol. The van der Waals surface area contributed by atoms with Gasteiger partial charge < -0.3 is 4.57 Å². The average Bonchev–Trinajstić information content (AvgIpc) is 2.74. The standard InChI is InChI=1S/C14H17ClF2N2S/c1-9(8-20-2)7-19-12(5-6-15)18-11-4-3-10(16)13(17)14(11)19/h3-4,9H,5-8H2,1-2H3. The lowest BCUT2D eigenvalue weighted by atomic mass is 10.2. The lowest BCUT2D eigenvalue weighted by Gasteiger charge is -2.14. The van der Waals surface area contributed by atoms with E-state index in [0.717, 1.165) is 11.8 Å². The highest BCUT2D eigenvalue weighted by Gasteiger charge is 2.18. The van der Waals surface area contributed by atoms with Crippen LogP contribution >= 0.6 is 23.4 Å². The van der Waals surface area contributed by atoms with Gasteiger partial charge in [0.05, 0.1) is 5.52 Å². The van der Waals surface area contributed by atoms with E-state index in [2.05, 4.69) is 11.9 Å². The Hall–Kier alpha value is -0.810. The summed E-state index contributed by atoms with van der Waals surface area (Å²) in [6.07, 6.45) is 2.58. The van der Waals surface area contributed by atoms with Crippen molar-refractivity contribution in [2.24, 2.45) is 5.92 Å². The highest BCUT2D eigenvalue weighted by molar-refractivity contribution is 7.98. The van der Waals surface area contributed by atoms with Crippen LogP contribution in [0, 0.1) is 17.6 Å². The van der Waals surface area contributed by atoms with Crippen LogP contribution in [0.3, 0.4) is 0 Å². The molecule has 6 heteroatoms. The normalized spacial score (nSPS) is 13.1. The molecule has 0 spiro atoms. The van der Waals surface area contributed by atoms with E-state index in [1.165, 1.54) is 6.07 Å². The van der Waals surface area contributed by atoms with Gasteiger partial charge in [0.2, 0.25) is 0 Å². The van der Waals surface area contributed by atoms with Gasteiger partial charge in [-0.3, -0.25) is 0 Å². The van der Waals surface area contributed by atoms with Crippen molar-refractivity contribution < 1.29 is 8.78 Å². The maximum atomic E-state index is 14.1. The fraction of sp³-hybridized carbons (Fsp3) is 0.500. The number of fused-ring (bicyclic) bond motifs is 1. The van der Waals surface area contributed by atoms with E-state index in [9.17, 15) is 8.78 Å². The average molecular weight is 319 g/mol. The molecule has 1 unspecified atom stereocenters.